The van der Waals surface area contributed by atoms with Crippen molar-refractivity contribution in [3.05, 3.63) is 10.6 Å². The first-order valence-electron chi connectivity index (χ1n) is 7.09. The van der Waals surface area contributed by atoms with Gasteiger partial charge in [0.05, 0.1) is 6.61 Å². The summed E-state index contributed by atoms with van der Waals surface area (Å²) in [6.07, 6.45) is 0.375. The number of hydrogen-bond acceptors (Lipinski definition) is 6. The molecule has 118 valence electrons. The molecule has 1 aromatic rings. The van der Waals surface area contributed by atoms with Crippen LogP contribution in [0.1, 0.15) is 42.6 Å². The average Bonchev–Trinajstić information content (AvgIpc) is 2.78. The number of aromatic nitrogens is 1. The minimum absolute atomic E-state index is 0.00935. The molecule has 0 saturated carbocycles. The fourth-order valence-corrected chi connectivity index (χ4v) is 2.38. The van der Waals surface area contributed by atoms with Gasteiger partial charge < -0.3 is 15.4 Å². The highest BCUT2D eigenvalue weighted by molar-refractivity contribution is 7.15. The van der Waals surface area contributed by atoms with Gasteiger partial charge in [0, 0.05) is 24.4 Å². The molecule has 0 saturated heterocycles. The third-order valence-corrected chi connectivity index (χ3v) is 3.53. The van der Waals surface area contributed by atoms with Gasteiger partial charge in [-0.1, -0.05) is 13.8 Å². The maximum atomic E-state index is 11.6. The number of carbonyl (C=O) groups is 2. The largest absolute Gasteiger partial charge is 0.461 e. The van der Waals surface area contributed by atoms with Crippen molar-refractivity contribution in [2.75, 3.05) is 25.0 Å². The van der Waals surface area contributed by atoms with Crippen LogP contribution in [0.3, 0.4) is 0 Å². The predicted molar refractivity (Wildman–Crippen MR) is 83.8 cm³/mol. The molecule has 1 amide bonds. The van der Waals surface area contributed by atoms with Crippen LogP contribution in [0.5, 0.6) is 0 Å². The lowest BCUT2D eigenvalue weighted by atomic mass is 10.2. The molecule has 0 spiro atoms. The van der Waals surface area contributed by atoms with E-state index in [0.717, 1.165) is 4.88 Å². The first-order chi connectivity index (χ1) is 9.93. The Labute approximate surface area is 129 Å². The van der Waals surface area contributed by atoms with Gasteiger partial charge in [-0.05, 0) is 19.8 Å². The molecule has 0 fully saturated rings. The maximum Gasteiger partial charge on any atom is 0.358 e. The molecule has 6 nitrogen and oxygen atoms in total. The van der Waals surface area contributed by atoms with E-state index in [2.05, 4.69) is 15.6 Å². The Balaban J connectivity index is 2.41. The number of anilines is 1. The van der Waals surface area contributed by atoms with Crippen molar-refractivity contribution in [3.63, 3.8) is 0 Å². The van der Waals surface area contributed by atoms with E-state index in [1.807, 2.05) is 20.8 Å². The third-order valence-electron chi connectivity index (χ3n) is 2.60. The highest BCUT2D eigenvalue weighted by Crippen LogP contribution is 2.22. The normalized spacial score (nSPS) is 10.5. The Morgan fingerprint density at radius 3 is 2.71 bits per heavy atom. The van der Waals surface area contributed by atoms with E-state index < -0.39 is 5.97 Å². The second kappa shape index (κ2) is 8.61. The lowest BCUT2D eigenvalue weighted by molar-refractivity contribution is -0.120. The lowest BCUT2D eigenvalue weighted by Gasteiger charge is -2.07. The SMILES string of the molecule is CCOC(=O)c1nc(NCCC(=O)NCC(C)C)sc1C. The summed E-state index contributed by atoms with van der Waals surface area (Å²) in [6, 6.07) is 0. The number of amides is 1. The van der Waals surface area contributed by atoms with Crippen LogP contribution in [0, 0.1) is 12.8 Å². The molecule has 7 heteroatoms. The second-order valence-electron chi connectivity index (χ2n) is 5.02. The van der Waals surface area contributed by atoms with Gasteiger partial charge >= 0.3 is 5.97 Å². The number of hydrogen-bond donors (Lipinski definition) is 2. The van der Waals surface area contributed by atoms with Crippen LogP contribution < -0.4 is 10.6 Å². The molecule has 0 aromatic carbocycles. The highest BCUT2D eigenvalue weighted by Gasteiger charge is 2.16. The van der Waals surface area contributed by atoms with Crippen LogP contribution in [0.25, 0.3) is 0 Å². The summed E-state index contributed by atoms with van der Waals surface area (Å²) in [4.78, 5) is 28.2. The predicted octanol–water partition coefficient (Wildman–Crippen LogP) is 2.20. The van der Waals surface area contributed by atoms with Crippen molar-refractivity contribution in [1.82, 2.24) is 10.3 Å². The number of nitrogens with zero attached hydrogens (tertiary/aromatic N) is 1. The fourth-order valence-electron chi connectivity index (χ4n) is 1.55. The molecule has 0 aliphatic heterocycles. The van der Waals surface area contributed by atoms with Crippen LogP contribution >= 0.6 is 11.3 Å². The number of esters is 1. The summed E-state index contributed by atoms with van der Waals surface area (Å²) in [6.45, 7) is 9.18. The number of ether oxygens (including phenoxy) is 1. The minimum Gasteiger partial charge on any atom is -0.461 e. The van der Waals surface area contributed by atoms with Crippen LogP contribution in [-0.2, 0) is 9.53 Å². The van der Waals surface area contributed by atoms with E-state index in [-0.39, 0.29) is 5.91 Å². The van der Waals surface area contributed by atoms with Crippen molar-refractivity contribution in [2.24, 2.45) is 5.92 Å². The Morgan fingerprint density at radius 1 is 1.38 bits per heavy atom. The number of nitrogens with one attached hydrogen (secondary N) is 2. The zero-order chi connectivity index (χ0) is 15.8. The Bertz CT molecular complexity index is 486. The molecule has 1 aromatic heterocycles. The molecular weight excluding hydrogens is 290 g/mol. The molecule has 2 N–H and O–H groups in total. The lowest BCUT2D eigenvalue weighted by Crippen LogP contribution is -2.28. The van der Waals surface area contributed by atoms with Gasteiger partial charge in [-0.25, -0.2) is 9.78 Å². The molecular formula is C14H23N3O3S. The van der Waals surface area contributed by atoms with Gasteiger partial charge in [0.25, 0.3) is 0 Å². The molecule has 0 aliphatic rings. The zero-order valence-corrected chi connectivity index (χ0v) is 13.8. The quantitative estimate of drug-likeness (QED) is 0.719. The smallest absolute Gasteiger partial charge is 0.358 e. The number of thiazole rings is 1. The van der Waals surface area contributed by atoms with Gasteiger partial charge in [0.15, 0.2) is 10.8 Å². The van der Waals surface area contributed by atoms with Crippen molar-refractivity contribution in [3.8, 4) is 0 Å². The molecule has 0 aliphatic carbocycles. The van der Waals surface area contributed by atoms with E-state index in [1.165, 1.54) is 11.3 Å². The van der Waals surface area contributed by atoms with Crippen molar-refractivity contribution < 1.29 is 14.3 Å². The van der Waals surface area contributed by atoms with Gasteiger partial charge in [0.2, 0.25) is 5.91 Å². The first kappa shape index (κ1) is 17.4. The second-order valence-corrected chi connectivity index (χ2v) is 6.22. The van der Waals surface area contributed by atoms with Crippen molar-refractivity contribution in [1.29, 1.82) is 0 Å². The van der Waals surface area contributed by atoms with E-state index in [4.69, 9.17) is 4.74 Å². The van der Waals surface area contributed by atoms with Gasteiger partial charge in [-0.2, -0.15) is 0 Å². The Hall–Kier alpha value is -1.63. The monoisotopic (exact) mass is 313 g/mol. The molecule has 21 heavy (non-hydrogen) atoms. The third kappa shape index (κ3) is 6.12. The fraction of sp³-hybridized carbons (Fsp3) is 0.643. The summed E-state index contributed by atoms with van der Waals surface area (Å²) in [5.41, 5.74) is 0.341. The van der Waals surface area contributed by atoms with Gasteiger partial charge in [0.1, 0.15) is 0 Å². The van der Waals surface area contributed by atoms with Crippen LogP contribution in [0.15, 0.2) is 0 Å². The number of aryl methyl sites for hydroxylation is 1. The Morgan fingerprint density at radius 2 is 2.10 bits per heavy atom. The summed E-state index contributed by atoms with van der Waals surface area (Å²) >= 11 is 1.38. The van der Waals surface area contributed by atoms with Crippen molar-refractivity contribution >= 4 is 28.3 Å². The maximum absolute atomic E-state index is 11.6. The first-order valence-corrected chi connectivity index (χ1v) is 7.90. The topological polar surface area (TPSA) is 80.3 Å². The molecule has 0 unspecified atom stereocenters. The van der Waals surface area contributed by atoms with Gasteiger partial charge in [-0.3, -0.25) is 4.79 Å². The van der Waals surface area contributed by atoms with Crippen LogP contribution in [-0.4, -0.2) is 36.6 Å². The standard InChI is InChI=1S/C14H23N3O3S/c1-5-20-13(19)12-10(4)21-14(17-12)15-7-6-11(18)16-8-9(2)3/h9H,5-8H2,1-4H3,(H,15,17)(H,16,18). The molecule has 1 heterocycles. The van der Waals surface area contributed by atoms with Crippen LogP contribution in [0.4, 0.5) is 5.13 Å². The highest BCUT2D eigenvalue weighted by atomic mass is 32.1. The summed E-state index contributed by atoms with van der Waals surface area (Å²) in [5, 5.41) is 6.54. The molecule has 0 radical (unpaired) electrons. The summed E-state index contributed by atoms with van der Waals surface area (Å²) in [7, 11) is 0. The molecule has 1 rings (SSSR count). The minimum atomic E-state index is -0.408. The molecule has 0 atom stereocenters. The Kier molecular flexibility index (Phi) is 7.14. The van der Waals surface area contributed by atoms with E-state index in [0.29, 0.717) is 42.9 Å². The van der Waals surface area contributed by atoms with E-state index >= 15 is 0 Å². The molecule has 0 bridgehead atoms. The van der Waals surface area contributed by atoms with Gasteiger partial charge in [-0.15, -0.1) is 11.3 Å². The van der Waals surface area contributed by atoms with E-state index in [9.17, 15) is 9.59 Å². The average molecular weight is 313 g/mol. The van der Waals surface area contributed by atoms with Crippen LogP contribution in [0.2, 0.25) is 0 Å². The summed E-state index contributed by atoms with van der Waals surface area (Å²) < 4.78 is 4.93. The summed E-state index contributed by atoms with van der Waals surface area (Å²) in [5.74, 6) is 0.0414. The number of rotatable bonds is 8. The zero-order valence-electron chi connectivity index (χ0n) is 13.0. The van der Waals surface area contributed by atoms with E-state index in [1.54, 1.807) is 6.92 Å². The van der Waals surface area contributed by atoms with Crippen molar-refractivity contribution in [2.45, 2.75) is 34.1 Å². The number of carbonyl (C=O) groups excluding carboxylic acids is 2.